The van der Waals surface area contributed by atoms with E-state index < -0.39 is 18.1 Å². The van der Waals surface area contributed by atoms with Gasteiger partial charge < -0.3 is 9.84 Å². The molecule has 0 spiro atoms. The first-order chi connectivity index (χ1) is 9.76. The summed E-state index contributed by atoms with van der Waals surface area (Å²) in [6.07, 6.45) is -3.55. The van der Waals surface area contributed by atoms with Crippen molar-refractivity contribution in [1.29, 1.82) is 0 Å². The van der Waals surface area contributed by atoms with Gasteiger partial charge in [-0.3, -0.25) is 0 Å². The third kappa shape index (κ3) is 3.85. The van der Waals surface area contributed by atoms with Crippen molar-refractivity contribution in [3.8, 4) is 16.9 Å². The Bertz CT molecular complexity index is 689. The number of carboxylic acids is 1. The molecule has 1 heterocycles. The van der Waals surface area contributed by atoms with Crippen LogP contribution in [0.15, 0.2) is 36.5 Å². The molecular weight excluding hydrogens is 311 g/mol. The normalized spacial score (nSPS) is 11.2. The van der Waals surface area contributed by atoms with Gasteiger partial charge in [-0.25, -0.2) is 9.78 Å². The smallest absolute Gasteiger partial charge is 0.477 e. The van der Waals surface area contributed by atoms with Gasteiger partial charge in [-0.1, -0.05) is 17.7 Å². The molecule has 1 N–H and O–H groups in total. The lowest BCUT2D eigenvalue weighted by Gasteiger charge is -2.11. The minimum atomic E-state index is -4.84. The monoisotopic (exact) mass is 317 g/mol. The molecule has 1 aromatic carbocycles. The van der Waals surface area contributed by atoms with Gasteiger partial charge in [-0.15, -0.1) is 13.2 Å². The van der Waals surface area contributed by atoms with Gasteiger partial charge >= 0.3 is 12.3 Å². The minimum absolute atomic E-state index is 0.181. The van der Waals surface area contributed by atoms with Crippen molar-refractivity contribution < 1.29 is 27.8 Å². The van der Waals surface area contributed by atoms with Gasteiger partial charge in [-0.05, 0) is 35.4 Å². The lowest BCUT2D eigenvalue weighted by atomic mass is 10.1. The number of hydrogen-bond donors (Lipinski definition) is 1. The summed E-state index contributed by atoms with van der Waals surface area (Å²) in [5, 5.41) is 8.61. The summed E-state index contributed by atoms with van der Waals surface area (Å²) < 4.78 is 40.1. The van der Waals surface area contributed by atoms with Crippen LogP contribution in [0.4, 0.5) is 13.2 Å². The number of carboxylic acid groups (broad SMARTS) is 1. The van der Waals surface area contributed by atoms with Gasteiger partial charge in [0.1, 0.15) is 11.4 Å². The summed E-state index contributed by atoms with van der Waals surface area (Å²) in [5.74, 6) is -1.74. The Labute approximate surface area is 121 Å². The van der Waals surface area contributed by atoms with E-state index in [9.17, 15) is 18.0 Å². The topological polar surface area (TPSA) is 59.4 Å². The summed E-state index contributed by atoms with van der Waals surface area (Å²) >= 11 is 5.73. The zero-order chi connectivity index (χ0) is 15.6. The summed E-state index contributed by atoms with van der Waals surface area (Å²) in [7, 11) is 0. The van der Waals surface area contributed by atoms with E-state index in [1.807, 2.05) is 0 Å². The molecule has 0 aliphatic heterocycles. The lowest BCUT2D eigenvalue weighted by Crippen LogP contribution is -2.17. The van der Waals surface area contributed by atoms with Crippen LogP contribution in [0.1, 0.15) is 10.5 Å². The van der Waals surface area contributed by atoms with Crippen molar-refractivity contribution >= 4 is 17.6 Å². The van der Waals surface area contributed by atoms with E-state index in [2.05, 4.69) is 9.72 Å². The van der Waals surface area contributed by atoms with Crippen molar-refractivity contribution in [3.63, 3.8) is 0 Å². The van der Waals surface area contributed by atoms with Crippen LogP contribution in [0.2, 0.25) is 5.02 Å². The Balaban J connectivity index is 2.36. The molecule has 4 nitrogen and oxygen atoms in total. The third-order valence-electron chi connectivity index (χ3n) is 2.47. The Morgan fingerprint density at radius 1 is 1.19 bits per heavy atom. The predicted molar refractivity (Wildman–Crippen MR) is 68.3 cm³/mol. The number of pyridine rings is 1. The number of alkyl halides is 3. The Morgan fingerprint density at radius 2 is 1.86 bits per heavy atom. The number of benzene rings is 1. The number of ether oxygens (including phenoxy) is 1. The molecular formula is C13H7ClF3NO3. The Morgan fingerprint density at radius 3 is 2.43 bits per heavy atom. The molecule has 0 amide bonds. The van der Waals surface area contributed by atoms with Gasteiger partial charge in [0, 0.05) is 6.20 Å². The van der Waals surface area contributed by atoms with Gasteiger partial charge in [0.2, 0.25) is 0 Å². The molecule has 0 fully saturated rings. The molecule has 1 aromatic heterocycles. The molecule has 0 saturated carbocycles. The predicted octanol–water partition coefficient (Wildman–Crippen LogP) is 4.00. The van der Waals surface area contributed by atoms with E-state index >= 15 is 0 Å². The number of nitrogens with zero attached hydrogens (tertiary/aromatic N) is 1. The number of carbonyl (C=O) groups is 1. The zero-order valence-corrected chi connectivity index (χ0v) is 10.9. The van der Waals surface area contributed by atoms with Crippen LogP contribution in [0.25, 0.3) is 11.1 Å². The van der Waals surface area contributed by atoms with Crippen LogP contribution in [0, 0.1) is 0 Å². The molecule has 0 radical (unpaired) electrons. The van der Waals surface area contributed by atoms with Crippen molar-refractivity contribution in [3.05, 3.63) is 47.2 Å². The van der Waals surface area contributed by atoms with Gasteiger partial charge in [0.25, 0.3) is 0 Å². The highest BCUT2D eigenvalue weighted by Gasteiger charge is 2.32. The van der Waals surface area contributed by atoms with Gasteiger partial charge in [0.15, 0.2) is 0 Å². The van der Waals surface area contributed by atoms with Crippen LogP contribution in [0.5, 0.6) is 5.75 Å². The van der Waals surface area contributed by atoms with Crippen LogP contribution in [-0.4, -0.2) is 22.4 Å². The van der Waals surface area contributed by atoms with Crippen LogP contribution < -0.4 is 4.74 Å². The molecule has 0 bridgehead atoms. The first-order valence-electron chi connectivity index (χ1n) is 5.51. The van der Waals surface area contributed by atoms with Crippen LogP contribution in [0.3, 0.4) is 0 Å². The molecule has 0 aliphatic carbocycles. The molecule has 21 heavy (non-hydrogen) atoms. The Kier molecular flexibility index (Phi) is 4.04. The minimum Gasteiger partial charge on any atom is -0.477 e. The highest BCUT2D eigenvalue weighted by molar-refractivity contribution is 6.32. The first kappa shape index (κ1) is 15.1. The fraction of sp³-hybridized carbons (Fsp3) is 0.0769. The molecule has 110 valence electrons. The van der Waals surface area contributed by atoms with Gasteiger partial charge in [0.05, 0.1) is 5.02 Å². The molecule has 8 heteroatoms. The fourth-order valence-corrected chi connectivity index (χ4v) is 1.83. The molecule has 0 atom stereocenters. The summed E-state index contributed by atoms with van der Waals surface area (Å²) in [4.78, 5) is 14.5. The molecule has 0 aliphatic rings. The first-order valence-corrected chi connectivity index (χ1v) is 5.89. The fourth-order valence-electron chi connectivity index (χ4n) is 1.61. The zero-order valence-electron chi connectivity index (χ0n) is 10.2. The van der Waals surface area contributed by atoms with E-state index in [-0.39, 0.29) is 10.7 Å². The number of aromatic nitrogens is 1. The quantitative estimate of drug-likeness (QED) is 0.929. The lowest BCUT2D eigenvalue weighted by molar-refractivity contribution is -0.274. The largest absolute Gasteiger partial charge is 0.573 e. The average molecular weight is 318 g/mol. The number of rotatable bonds is 3. The number of hydrogen-bond acceptors (Lipinski definition) is 3. The molecule has 2 rings (SSSR count). The second-order valence-corrected chi connectivity index (χ2v) is 4.34. The molecule has 0 unspecified atom stereocenters. The average Bonchev–Trinajstić information content (AvgIpc) is 2.40. The van der Waals surface area contributed by atoms with E-state index in [4.69, 9.17) is 16.7 Å². The van der Waals surface area contributed by atoms with E-state index in [0.29, 0.717) is 11.1 Å². The van der Waals surface area contributed by atoms with Crippen molar-refractivity contribution in [2.45, 2.75) is 6.36 Å². The van der Waals surface area contributed by atoms with Crippen molar-refractivity contribution in [2.75, 3.05) is 0 Å². The van der Waals surface area contributed by atoms with E-state index in [1.165, 1.54) is 30.5 Å². The molecule has 0 saturated heterocycles. The summed E-state index contributed by atoms with van der Waals surface area (Å²) in [6.45, 7) is 0. The highest BCUT2D eigenvalue weighted by atomic mass is 35.5. The third-order valence-corrected chi connectivity index (χ3v) is 2.77. The second-order valence-electron chi connectivity index (χ2n) is 3.93. The SMILES string of the molecule is O=C(O)c1cc(-c2ccc(OC(F)(F)F)c(Cl)c2)ccn1. The van der Waals surface area contributed by atoms with Crippen molar-refractivity contribution in [1.82, 2.24) is 4.98 Å². The number of aromatic carboxylic acids is 1. The highest BCUT2D eigenvalue weighted by Crippen LogP contribution is 2.33. The van der Waals surface area contributed by atoms with E-state index in [1.54, 1.807) is 0 Å². The maximum atomic E-state index is 12.1. The van der Waals surface area contributed by atoms with E-state index in [0.717, 1.165) is 6.07 Å². The summed E-state index contributed by atoms with van der Waals surface area (Å²) in [5.41, 5.74) is 0.724. The van der Waals surface area contributed by atoms with Gasteiger partial charge in [-0.2, -0.15) is 0 Å². The summed E-state index contributed by atoms with van der Waals surface area (Å²) in [6, 6.07) is 6.46. The second kappa shape index (κ2) is 5.61. The van der Waals surface area contributed by atoms with Crippen LogP contribution in [-0.2, 0) is 0 Å². The maximum absolute atomic E-state index is 12.1. The van der Waals surface area contributed by atoms with Crippen molar-refractivity contribution in [2.24, 2.45) is 0 Å². The molecule has 2 aromatic rings. The number of halogens is 4. The maximum Gasteiger partial charge on any atom is 0.573 e. The standard InChI is InChI=1S/C13H7ClF3NO3/c14-9-5-7(1-2-11(9)21-13(15,16)17)8-3-4-18-10(6-8)12(19)20/h1-6H,(H,19,20). The Hall–Kier alpha value is -2.28. The van der Waals surface area contributed by atoms with Crippen LogP contribution >= 0.6 is 11.6 Å².